The zero-order chi connectivity index (χ0) is 15.7. The Labute approximate surface area is 128 Å². The van der Waals surface area contributed by atoms with E-state index < -0.39 is 53.1 Å². The lowest BCUT2D eigenvalue weighted by Crippen LogP contribution is -2.62. The Hall–Kier alpha value is 0.1000. The number of halogens is 3. The predicted octanol–water partition coefficient (Wildman–Crippen LogP) is -1.49. The van der Waals surface area contributed by atoms with Crippen LogP contribution in [-0.2, 0) is 9.47 Å². The molecule has 1 rings (SSSR count). The number of alkyl halides is 3. The smallest absolute Gasteiger partial charge is 0.265 e. The molecule has 6 N–H and O–H groups in total. The van der Waals surface area contributed by atoms with Crippen molar-refractivity contribution in [1.29, 1.82) is 5.41 Å². The molecular weight excluding hydrogens is 340 g/mol. The molecule has 20 heavy (non-hydrogen) atoms. The van der Waals surface area contributed by atoms with Crippen molar-refractivity contribution >= 4 is 40.7 Å². The van der Waals surface area contributed by atoms with Crippen LogP contribution < -0.4 is 0 Å². The molecule has 118 valence electrons. The Morgan fingerprint density at radius 3 is 2.20 bits per heavy atom. The largest absolute Gasteiger partial charge is 0.445 e. The highest BCUT2D eigenvalue weighted by molar-refractivity contribution is 6.76. The fourth-order valence-electron chi connectivity index (χ4n) is 1.58. The van der Waals surface area contributed by atoms with E-state index in [0.717, 1.165) is 0 Å². The van der Waals surface area contributed by atoms with Gasteiger partial charge in [-0.25, -0.2) is 0 Å². The van der Waals surface area contributed by atoms with E-state index in [1.807, 2.05) is 0 Å². The maximum atomic E-state index is 9.66. The summed E-state index contributed by atoms with van der Waals surface area (Å²) in [6.07, 6.45) is -9.83. The van der Waals surface area contributed by atoms with E-state index in [2.05, 4.69) is 0 Å². The molecule has 0 bridgehead atoms. The van der Waals surface area contributed by atoms with Gasteiger partial charge in [0.05, 0.1) is 6.61 Å². The quantitative estimate of drug-likeness (QED) is 0.206. The van der Waals surface area contributed by atoms with Gasteiger partial charge in [-0.2, -0.15) is 0 Å². The fraction of sp³-hybridized carbons (Fsp3) is 0.889. The summed E-state index contributed by atoms with van der Waals surface area (Å²) < 4.78 is 7.54. The average molecular weight is 355 g/mol. The van der Waals surface area contributed by atoms with E-state index in [4.69, 9.17) is 54.8 Å². The molecule has 0 aromatic heterocycles. The zero-order valence-corrected chi connectivity index (χ0v) is 12.1. The van der Waals surface area contributed by atoms with Crippen LogP contribution in [0.3, 0.4) is 0 Å². The van der Waals surface area contributed by atoms with Crippen LogP contribution in [0.2, 0.25) is 0 Å². The van der Waals surface area contributed by atoms with E-state index in [0.29, 0.717) is 0 Å². The molecule has 0 aliphatic carbocycles. The molecule has 1 heterocycles. The van der Waals surface area contributed by atoms with Crippen LogP contribution in [-0.4, -0.2) is 78.6 Å². The van der Waals surface area contributed by atoms with E-state index in [1.54, 1.807) is 0 Å². The van der Waals surface area contributed by atoms with Crippen LogP contribution in [0.4, 0.5) is 0 Å². The Bertz CT molecular complexity index is 353. The Morgan fingerprint density at radius 2 is 1.75 bits per heavy atom. The minimum Gasteiger partial charge on any atom is -0.445 e. The highest BCUT2D eigenvalue weighted by Crippen LogP contribution is 2.31. The van der Waals surface area contributed by atoms with Gasteiger partial charge in [-0.15, -0.1) is 0 Å². The van der Waals surface area contributed by atoms with Gasteiger partial charge in [-0.1, -0.05) is 34.8 Å². The molecular formula is C9H14Cl3NO7. The Kier molecular flexibility index (Phi) is 6.27. The fourth-order valence-corrected chi connectivity index (χ4v) is 1.71. The molecule has 0 aromatic carbocycles. The van der Waals surface area contributed by atoms with Crippen LogP contribution in [0.15, 0.2) is 0 Å². The first kappa shape index (κ1) is 18.1. The monoisotopic (exact) mass is 353 g/mol. The van der Waals surface area contributed by atoms with Gasteiger partial charge in [0.25, 0.3) is 3.79 Å². The van der Waals surface area contributed by atoms with Crippen molar-refractivity contribution in [1.82, 2.24) is 0 Å². The SMILES string of the molecule is N=C(OC1O[C@H](C(O)CO)[C@@H](O)[C@H](O)[C@@H]1O)C(Cl)(Cl)Cl. The minimum absolute atomic E-state index is 0.765. The van der Waals surface area contributed by atoms with Gasteiger partial charge < -0.3 is 35.0 Å². The van der Waals surface area contributed by atoms with Crippen molar-refractivity contribution in [3.8, 4) is 0 Å². The molecule has 11 heteroatoms. The summed E-state index contributed by atoms with van der Waals surface area (Å²) in [7, 11) is 0. The predicted molar refractivity (Wildman–Crippen MR) is 68.9 cm³/mol. The number of hydrogen-bond donors (Lipinski definition) is 6. The molecule has 1 aliphatic rings. The number of ether oxygens (including phenoxy) is 2. The second kappa shape index (κ2) is 6.91. The topological polar surface area (TPSA) is 143 Å². The third-order valence-corrected chi connectivity index (χ3v) is 3.18. The molecule has 1 saturated heterocycles. The van der Waals surface area contributed by atoms with Gasteiger partial charge in [-0.3, -0.25) is 5.41 Å². The van der Waals surface area contributed by atoms with Crippen LogP contribution in [0, 0.1) is 5.41 Å². The summed E-state index contributed by atoms with van der Waals surface area (Å²) in [5.41, 5.74) is 0. The van der Waals surface area contributed by atoms with Gasteiger partial charge >= 0.3 is 0 Å². The maximum Gasteiger partial charge on any atom is 0.265 e. The highest BCUT2D eigenvalue weighted by Gasteiger charge is 2.48. The molecule has 0 radical (unpaired) electrons. The average Bonchev–Trinajstić information content (AvgIpc) is 2.37. The van der Waals surface area contributed by atoms with Gasteiger partial charge in [0.15, 0.2) is 0 Å². The van der Waals surface area contributed by atoms with Crippen molar-refractivity contribution in [2.24, 2.45) is 0 Å². The van der Waals surface area contributed by atoms with E-state index in [-0.39, 0.29) is 0 Å². The van der Waals surface area contributed by atoms with E-state index in [9.17, 15) is 20.4 Å². The summed E-state index contributed by atoms with van der Waals surface area (Å²) in [6, 6.07) is 0. The Morgan fingerprint density at radius 1 is 1.20 bits per heavy atom. The van der Waals surface area contributed by atoms with Crippen LogP contribution in [0.1, 0.15) is 0 Å². The molecule has 2 unspecified atom stereocenters. The lowest BCUT2D eigenvalue weighted by molar-refractivity contribution is -0.294. The van der Waals surface area contributed by atoms with Gasteiger partial charge in [0, 0.05) is 0 Å². The van der Waals surface area contributed by atoms with Crippen molar-refractivity contribution in [3.63, 3.8) is 0 Å². The molecule has 0 saturated carbocycles. The highest BCUT2D eigenvalue weighted by atomic mass is 35.6. The molecule has 1 aliphatic heterocycles. The summed E-state index contributed by atoms with van der Waals surface area (Å²) >= 11 is 16.2. The third kappa shape index (κ3) is 4.06. The van der Waals surface area contributed by atoms with Gasteiger partial charge in [-0.05, 0) is 0 Å². The zero-order valence-electron chi connectivity index (χ0n) is 9.86. The van der Waals surface area contributed by atoms with Crippen LogP contribution in [0.5, 0.6) is 0 Å². The lowest BCUT2D eigenvalue weighted by atomic mass is 9.95. The summed E-state index contributed by atoms with van der Waals surface area (Å²) in [4.78, 5) is 0. The molecule has 0 spiro atoms. The molecule has 6 atom stereocenters. The van der Waals surface area contributed by atoms with Gasteiger partial charge in [0.2, 0.25) is 12.2 Å². The van der Waals surface area contributed by atoms with Crippen molar-refractivity contribution in [3.05, 3.63) is 0 Å². The number of nitrogens with one attached hydrogen (secondary N) is 1. The standard InChI is InChI=1S/C9H14Cl3NO7/c10-9(11,12)8(13)20-7-5(18)3(16)4(17)6(19-7)2(15)1-14/h2-7,13-18H,1H2/t2?,3-,4-,5-,6+,7?/m0/s1. The molecule has 8 nitrogen and oxygen atoms in total. The maximum absolute atomic E-state index is 9.66. The Balaban J connectivity index is 2.83. The number of rotatable bonds is 3. The summed E-state index contributed by atoms with van der Waals surface area (Å²) in [5, 5.41) is 54.5. The van der Waals surface area contributed by atoms with Gasteiger partial charge in [0.1, 0.15) is 30.5 Å². The number of aliphatic hydroxyl groups excluding tert-OH is 5. The summed E-state index contributed by atoms with van der Waals surface area (Å²) in [5.74, 6) is -0.882. The lowest BCUT2D eigenvalue weighted by Gasteiger charge is -2.41. The second-order valence-corrected chi connectivity index (χ2v) is 6.42. The van der Waals surface area contributed by atoms with E-state index >= 15 is 0 Å². The van der Waals surface area contributed by atoms with Crippen molar-refractivity contribution in [2.75, 3.05) is 6.61 Å². The molecule has 1 fully saturated rings. The van der Waals surface area contributed by atoms with Crippen molar-refractivity contribution < 1.29 is 35.0 Å². The third-order valence-electron chi connectivity index (χ3n) is 2.66. The minimum atomic E-state index is -2.21. The summed E-state index contributed by atoms with van der Waals surface area (Å²) in [6.45, 7) is -0.765. The first-order valence-corrected chi connectivity index (χ1v) is 6.54. The first-order chi connectivity index (χ1) is 9.09. The molecule has 0 aromatic rings. The molecule has 0 amide bonds. The van der Waals surface area contributed by atoms with E-state index in [1.165, 1.54) is 0 Å². The van der Waals surface area contributed by atoms with Crippen LogP contribution >= 0.6 is 34.8 Å². The normalized spacial score (nSPS) is 36.5. The van der Waals surface area contributed by atoms with Crippen molar-refractivity contribution in [2.45, 2.75) is 40.6 Å². The van der Waals surface area contributed by atoms with Crippen LogP contribution in [0.25, 0.3) is 0 Å². The second-order valence-electron chi connectivity index (χ2n) is 4.14. The first-order valence-electron chi connectivity index (χ1n) is 5.40. The number of aliphatic hydroxyl groups is 5. The number of hydrogen-bond acceptors (Lipinski definition) is 8.